The molecule has 1 aromatic rings. The van der Waals surface area contributed by atoms with E-state index >= 15 is 0 Å². The second kappa shape index (κ2) is 4.27. The van der Waals surface area contributed by atoms with Gasteiger partial charge in [-0.15, -0.1) is 0 Å². The zero-order valence-electron chi connectivity index (χ0n) is 7.48. The molecule has 5 heteroatoms. The van der Waals surface area contributed by atoms with Gasteiger partial charge in [0.25, 0.3) is 0 Å². The van der Waals surface area contributed by atoms with Gasteiger partial charge in [-0.2, -0.15) is 0 Å². The van der Waals surface area contributed by atoms with Crippen LogP contribution in [0.4, 0.5) is 5.69 Å². The first-order valence-corrected chi connectivity index (χ1v) is 3.82. The number of phenols is 1. The number of methoxy groups -OCH3 is 1. The first-order chi connectivity index (χ1) is 6.63. The van der Waals surface area contributed by atoms with Crippen LogP contribution in [0.1, 0.15) is 0 Å². The standard InChI is InChI=1S/C9H9NO4/c1-14-9(13)8(12)10-6-3-2-4-7(11)5-6/h2-5,11H,1H3,(H,10,12). The van der Waals surface area contributed by atoms with E-state index in [0.717, 1.165) is 7.11 Å². The summed E-state index contributed by atoms with van der Waals surface area (Å²) in [6.45, 7) is 0. The molecular formula is C9H9NO4. The molecule has 1 amide bonds. The van der Waals surface area contributed by atoms with Crippen LogP contribution in [0.5, 0.6) is 5.75 Å². The largest absolute Gasteiger partial charge is 0.508 e. The van der Waals surface area contributed by atoms with E-state index < -0.39 is 11.9 Å². The Balaban J connectivity index is 2.70. The first-order valence-electron chi connectivity index (χ1n) is 3.82. The number of esters is 1. The van der Waals surface area contributed by atoms with Crippen LogP contribution in [0.2, 0.25) is 0 Å². The predicted octanol–water partition coefficient (Wildman–Crippen LogP) is 0.504. The normalized spacial score (nSPS) is 9.21. The van der Waals surface area contributed by atoms with Crippen molar-refractivity contribution in [1.82, 2.24) is 0 Å². The molecule has 0 spiro atoms. The van der Waals surface area contributed by atoms with Crippen LogP contribution >= 0.6 is 0 Å². The van der Waals surface area contributed by atoms with Crippen molar-refractivity contribution in [3.63, 3.8) is 0 Å². The molecule has 14 heavy (non-hydrogen) atoms. The van der Waals surface area contributed by atoms with E-state index in [2.05, 4.69) is 10.1 Å². The van der Waals surface area contributed by atoms with E-state index in [1.54, 1.807) is 12.1 Å². The highest BCUT2D eigenvalue weighted by atomic mass is 16.5. The lowest BCUT2D eigenvalue weighted by Crippen LogP contribution is -2.23. The number of rotatable bonds is 1. The average Bonchev–Trinajstić information content (AvgIpc) is 2.16. The minimum atomic E-state index is -0.978. The van der Waals surface area contributed by atoms with Crippen molar-refractivity contribution in [1.29, 1.82) is 0 Å². The van der Waals surface area contributed by atoms with Crippen LogP contribution in [0.3, 0.4) is 0 Å². The third-order valence-corrected chi connectivity index (χ3v) is 1.47. The van der Waals surface area contributed by atoms with Gasteiger partial charge < -0.3 is 15.2 Å². The molecule has 0 heterocycles. The lowest BCUT2D eigenvalue weighted by atomic mass is 10.3. The van der Waals surface area contributed by atoms with E-state index in [0.29, 0.717) is 5.69 Å². The molecule has 0 aromatic heterocycles. The van der Waals surface area contributed by atoms with Crippen molar-refractivity contribution < 1.29 is 19.4 Å². The Morgan fingerprint density at radius 1 is 1.43 bits per heavy atom. The maximum atomic E-state index is 11.0. The van der Waals surface area contributed by atoms with E-state index in [-0.39, 0.29) is 5.75 Å². The monoisotopic (exact) mass is 195 g/mol. The number of anilines is 1. The molecule has 5 nitrogen and oxygen atoms in total. The van der Waals surface area contributed by atoms with Gasteiger partial charge in [0.05, 0.1) is 7.11 Å². The molecule has 1 rings (SSSR count). The smallest absolute Gasteiger partial charge is 0.396 e. The molecule has 2 N–H and O–H groups in total. The lowest BCUT2D eigenvalue weighted by molar-refractivity contribution is -0.150. The molecule has 0 saturated carbocycles. The molecule has 0 aliphatic carbocycles. The topological polar surface area (TPSA) is 75.6 Å². The van der Waals surface area contributed by atoms with Crippen molar-refractivity contribution in [2.75, 3.05) is 12.4 Å². The molecule has 1 aromatic carbocycles. The average molecular weight is 195 g/mol. The number of hydrogen-bond donors (Lipinski definition) is 2. The molecule has 0 saturated heterocycles. The fourth-order valence-electron chi connectivity index (χ4n) is 0.858. The summed E-state index contributed by atoms with van der Waals surface area (Å²) in [6.07, 6.45) is 0. The van der Waals surface area contributed by atoms with E-state index in [1.807, 2.05) is 0 Å². The Kier molecular flexibility index (Phi) is 3.06. The third kappa shape index (κ3) is 2.48. The molecule has 0 aliphatic heterocycles. The number of ether oxygens (including phenoxy) is 1. The van der Waals surface area contributed by atoms with E-state index in [9.17, 15) is 9.59 Å². The fourth-order valence-corrected chi connectivity index (χ4v) is 0.858. The van der Waals surface area contributed by atoms with Gasteiger partial charge in [-0.25, -0.2) is 4.79 Å². The van der Waals surface area contributed by atoms with Crippen molar-refractivity contribution in [2.45, 2.75) is 0 Å². The zero-order chi connectivity index (χ0) is 10.6. The lowest BCUT2D eigenvalue weighted by Gasteiger charge is -2.03. The first kappa shape index (κ1) is 10.0. The third-order valence-electron chi connectivity index (χ3n) is 1.47. The van der Waals surface area contributed by atoms with E-state index in [4.69, 9.17) is 5.11 Å². The van der Waals surface area contributed by atoms with E-state index in [1.165, 1.54) is 12.1 Å². The maximum Gasteiger partial charge on any atom is 0.396 e. The van der Waals surface area contributed by atoms with Crippen LogP contribution in [-0.2, 0) is 14.3 Å². The molecular weight excluding hydrogens is 186 g/mol. The summed E-state index contributed by atoms with van der Waals surface area (Å²) >= 11 is 0. The van der Waals surface area contributed by atoms with Gasteiger partial charge in [-0.05, 0) is 12.1 Å². The number of benzene rings is 1. The minimum Gasteiger partial charge on any atom is -0.508 e. The SMILES string of the molecule is COC(=O)C(=O)Nc1cccc(O)c1. The Morgan fingerprint density at radius 2 is 2.14 bits per heavy atom. The van der Waals surface area contributed by atoms with Gasteiger partial charge >= 0.3 is 11.9 Å². The number of nitrogens with one attached hydrogen (secondary N) is 1. The second-order valence-corrected chi connectivity index (χ2v) is 2.50. The zero-order valence-corrected chi connectivity index (χ0v) is 7.48. The Bertz CT molecular complexity index is 362. The van der Waals surface area contributed by atoms with Gasteiger partial charge in [-0.3, -0.25) is 4.79 Å². The number of carbonyl (C=O) groups is 2. The van der Waals surface area contributed by atoms with Crippen molar-refractivity contribution in [3.05, 3.63) is 24.3 Å². The Labute approximate surface area is 80.3 Å². The highest BCUT2D eigenvalue weighted by molar-refractivity contribution is 6.37. The summed E-state index contributed by atoms with van der Waals surface area (Å²) in [7, 11) is 1.12. The van der Waals surface area contributed by atoms with Crippen LogP contribution < -0.4 is 5.32 Å². The second-order valence-electron chi connectivity index (χ2n) is 2.50. The van der Waals surface area contributed by atoms with Gasteiger partial charge in [0.2, 0.25) is 0 Å². The van der Waals surface area contributed by atoms with Crippen molar-refractivity contribution in [3.8, 4) is 5.75 Å². The number of phenolic OH excluding ortho intramolecular Hbond substituents is 1. The molecule has 0 unspecified atom stereocenters. The van der Waals surface area contributed by atoms with Gasteiger partial charge in [0.15, 0.2) is 0 Å². The summed E-state index contributed by atoms with van der Waals surface area (Å²) in [5, 5.41) is 11.3. The Morgan fingerprint density at radius 3 is 2.71 bits per heavy atom. The summed E-state index contributed by atoms with van der Waals surface area (Å²) in [5.74, 6) is -1.85. The number of aromatic hydroxyl groups is 1. The van der Waals surface area contributed by atoms with Gasteiger partial charge in [0.1, 0.15) is 5.75 Å². The molecule has 0 bridgehead atoms. The highest BCUT2D eigenvalue weighted by Gasteiger charge is 2.13. The van der Waals surface area contributed by atoms with Crippen molar-refractivity contribution in [2.24, 2.45) is 0 Å². The number of hydrogen-bond acceptors (Lipinski definition) is 4. The van der Waals surface area contributed by atoms with Crippen molar-refractivity contribution >= 4 is 17.6 Å². The molecule has 0 fully saturated rings. The summed E-state index contributed by atoms with van der Waals surface area (Å²) < 4.78 is 4.20. The highest BCUT2D eigenvalue weighted by Crippen LogP contribution is 2.14. The molecule has 0 radical (unpaired) electrons. The quantitative estimate of drug-likeness (QED) is 0.505. The summed E-state index contributed by atoms with van der Waals surface area (Å²) in [6, 6.07) is 5.86. The van der Waals surface area contributed by atoms with Crippen LogP contribution in [0.25, 0.3) is 0 Å². The van der Waals surface area contributed by atoms with Crippen LogP contribution in [-0.4, -0.2) is 24.1 Å². The summed E-state index contributed by atoms with van der Waals surface area (Å²) in [5.41, 5.74) is 0.334. The van der Waals surface area contributed by atoms with Crippen LogP contribution in [0.15, 0.2) is 24.3 Å². The summed E-state index contributed by atoms with van der Waals surface area (Å²) in [4.78, 5) is 21.7. The fraction of sp³-hybridized carbons (Fsp3) is 0.111. The minimum absolute atomic E-state index is 0.00710. The Hall–Kier alpha value is -2.04. The number of carbonyl (C=O) groups excluding carboxylic acids is 2. The maximum absolute atomic E-state index is 11.0. The number of amides is 1. The van der Waals surface area contributed by atoms with Crippen LogP contribution in [0, 0.1) is 0 Å². The molecule has 0 atom stereocenters. The van der Waals surface area contributed by atoms with Gasteiger partial charge in [0, 0.05) is 11.8 Å². The molecule has 74 valence electrons. The molecule has 0 aliphatic rings. The van der Waals surface area contributed by atoms with Gasteiger partial charge in [-0.1, -0.05) is 6.07 Å². The predicted molar refractivity (Wildman–Crippen MR) is 48.8 cm³/mol.